The van der Waals surface area contributed by atoms with Crippen LogP contribution >= 0.6 is 12.2 Å². The molecule has 0 aliphatic rings. The van der Waals surface area contributed by atoms with Crippen molar-refractivity contribution < 1.29 is 0 Å². The van der Waals surface area contributed by atoms with Crippen LogP contribution in [0.3, 0.4) is 0 Å². The molecule has 5 nitrogen and oxygen atoms in total. The van der Waals surface area contributed by atoms with E-state index in [4.69, 9.17) is 18.0 Å². The fourth-order valence-corrected chi connectivity index (χ4v) is 1.59. The van der Waals surface area contributed by atoms with Crippen molar-refractivity contribution in [2.24, 2.45) is 5.73 Å². The van der Waals surface area contributed by atoms with Gasteiger partial charge in [0.15, 0.2) is 0 Å². The van der Waals surface area contributed by atoms with Gasteiger partial charge in [-0.2, -0.15) is 0 Å². The summed E-state index contributed by atoms with van der Waals surface area (Å²) in [5, 5.41) is 3.17. The molecule has 0 bridgehead atoms. The number of rotatable bonds is 4. The van der Waals surface area contributed by atoms with Gasteiger partial charge in [0.1, 0.15) is 16.6 Å². The zero-order valence-electron chi connectivity index (χ0n) is 9.92. The van der Waals surface area contributed by atoms with Gasteiger partial charge in [0.25, 0.3) is 0 Å². The van der Waals surface area contributed by atoms with Crippen LogP contribution < -0.4 is 11.1 Å². The number of pyridine rings is 1. The van der Waals surface area contributed by atoms with Crippen molar-refractivity contribution in [2.45, 2.75) is 13.5 Å². The molecule has 0 saturated carbocycles. The lowest BCUT2D eigenvalue weighted by Crippen LogP contribution is -2.11. The Kier molecular flexibility index (Phi) is 3.78. The van der Waals surface area contributed by atoms with Crippen molar-refractivity contribution in [2.75, 3.05) is 5.32 Å². The van der Waals surface area contributed by atoms with Gasteiger partial charge in [0, 0.05) is 18.0 Å². The summed E-state index contributed by atoms with van der Waals surface area (Å²) in [5.41, 5.74) is 7.27. The quantitative estimate of drug-likeness (QED) is 0.809. The molecule has 2 aromatic heterocycles. The number of nitrogens with two attached hydrogens (primary N) is 1. The fraction of sp³-hybridized carbons (Fsp3) is 0.167. The standard InChI is InChI=1S/C12H13N5S/c1-8-14-5-3-10(17-8)7-16-11-6-9(12(13)18)2-4-15-11/h2-6H,7H2,1H3,(H2,13,18)(H,15,16). The number of hydrogen-bond donors (Lipinski definition) is 2. The number of thiocarbonyl (C=S) groups is 1. The number of anilines is 1. The Bertz CT molecular complexity index is 570. The highest BCUT2D eigenvalue weighted by Gasteiger charge is 2.00. The highest BCUT2D eigenvalue weighted by molar-refractivity contribution is 7.80. The van der Waals surface area contributed by atoms with E-state index in [-0.39, 0.29) is 0 Å². The van der Waals surface area contributed by atoms with E-state index in [2.05, 4.69) is 20.3 Å². The zero-order valence-corrected chi connectivity index (χ0v) is 10.7. The monoisotopic (exact) mass is 259 g/mol. The van der Waals surface area contributed by atoms with Gasteiger partial charge in [-0.3, -0.25) is 0 Å². The first-order valence-electron chi connectivity index (χ1n) is 5.43. The maximum atomic E-state index is 5.57. The number of aryl methyl sites for hydroxylation is 1. The van der Waals surface area contributed by atoms with Gasteiger partial charge in [-0.05, 0) is 25.1 Å². The lowest BCUT2D eigenvalue weighted by atomic mass is 10.2. The molecule has 3 N–H and O–H groups in total. The highest BCUT2D eigenvalue weighted by Crippen LogP contribution is 2.08. The van der Waals surface area contributed by atoms with E-state index in [0.29, 0.717) is 11.5 Å². The summed E-state index contributed by atoms with van der Waals surface area (Å²) in [6.45, 7) is 2.44. The van der Waals surface area contributed by atoms with E-state index in [1.54, 1.807) is 18.5 Å². The van der Waals surface area contributed by atoms with E-state index in [9.17, 15) is 0 Å². The second-order valence-corrected chi connectivity index (χ2v) is 4.18. The molecular weight excluding hydrogens is 246 g/mol. The van der Waals surface area contributed by atoms with Crippen molar-refractivity contribution >= 4 is 23.0 Å². The fourth-order valence-electron chi connectivity index (χ4n) is 1.47. The maximum Gasteiger partial charge on any atom is 0.126 e. The van der Waals surface area contributed by atoms with Crippen LogP contribution in [0, 0.1) is 6.92 Å². The molecular formula is C12H13N5S. The molecule has 0 atom stereocenters. The summed E-state index contributed by atoms with van der Waals surface area (Å²) in [7, 11) is 0. The summed E-state index contributed by atoms with van der Waals surface area (Å²) in [4.78, 5) is 12.9. The Labute approximate surface area is 110 Å². The molecule has 2 heterocycles. The zero-order chi connectivity index (χ0) is 13.0. The molecule has 0 amide bonds. The van der Waals surface area contributed by atoms with Gasteiger partial charge < -0.3 is 11.1 Å². The van der Waals surface area contributed by atoms with Gasteiger partial charge in [-0.1, -0.05) is 12.2 Å². The first-order valence-corrected chi connectivity index (χ1v) is 5.84. The second-order valence-electron chi connectivity index (χ2n) is 3.74. The molecule has 0 spiro atoms. The van der Waals surface area contributed by atoms with Gasteiger partial charge >= 0.3 is 0 Å². The van der Waals surface area contributed by atoms with Crippen LogP contribution in [-0.2, 0) is 6.54 Å². The van der Waals surface area contributed by atoms with Gasteiger partial charge in [-0.15, -0.1) is 0 Å². The van der Waals surface area contributed by atoms with Crippen molar-refractivity contribution in [3.05, 3.63) is 47.7 Å². The normalized spacial score (nSPS) is 10.1. The Morgan fingerprint density at radius 2 is 2.11 bits per heavy atom. The lowest BCUT2D eigenvalue weighted by Gasteiger charge is -2.06. The number of hydrogen-bond acceptors (Lipinski definition) is 5. The first kappa shape index (κ1) is 12.4. The molecule has 2 rings (SSSR count). The molecule has 2 aromatic rings. The van der Waals surface area contributed by atoms with Gasteiger partial charge in [-0.25, -0.2) is 15.0 Å². The van der Waals surface area contributed by atoms with Crippen LogP contribution in [0.2, 0.25) is 0 Å². The number of nitrogens with zero attached hydrogens (tertiary/aromatic N) is 3. The third kappa shape index (κ3) is 3.21. The van der Waals surface area contributed by atoms with Crippen molar-refractivity contribution in [3.63, 3.8) is 0 Å². The Morgan fingerprint density at radius 1 is 1.33 bits per heavy atom. The summed E-state index contributed by atoms with van der Waals surface area (Å²) in [6.07, 6.45) is 3.40. The van der Waals surface area contributed by atoms with Crippen LogP contribution in [0.5, 0.6) is 0 Å². The van der Waals surface area contributed by atoms with E-state index >= 15 is 0 Å². The Balaban J connectivity index is 2.06. The third-order valence-electron chi connectivity index (χ3n) is 2.33. The largest absolute Gasteiger partial charge is 0.389 e. The van der Waals surface area contributed by atoms with E-state index in [0.717, 1.165) is 22.9 Å². The lowest BCUT2D eigenvalue weighted by molar-refractivity contribution is 0.950. The van der Waals surface area contributed by atoms with Gasteiger partial charge in [0.05, 0.1) is 12.2 Å². The van der Waals surface area contributed by atoms with E-state index in [1.807, 2.05) is 19.1 Å². The number of aromatic nitrogens is 3. The molecule has 18 heavy (non-hydrogen) atoms. The molecule has 0 aromatic carbocycles. The van der Waals surface area contributed by atoms with Crippen LogP contribution in [0.25, 0.3) is 0 Å². The minimum absolute atomic E-state index is 0.360. The topological polar surface area (TPSA) is 76.7 Å². The summed E-state index contributed by atoms with van der Waals surface area (Å²) < 4.78 is 0. The summed E-state index contributed by atoms with van der Waals surface area (Å²) >= 11 is 4.92. The summed E-state index contributed by atoms with van der Waals surface area (Å²) in [6, 6.07) is 5.45. The molecule has 92 valence electrons. The molecule has 0 aliphatic heterocycles. The average molecular weight is 259 g/mol. The van der Waals surface area contributed by atoms with Crippen molar-refractivity contribution in [3.8, 4) is 0 Å². The minimum Gasteiger partial charge on any atom is -0.389 e. The maximum absolute atomic E-state index is 5.57. The first-order chi connectivity index (χ1) is 8.65. The highest BCUT2D eigenvalue weighted by atomic mass is 32.1. The van der Waals surface area contributed by atoms with Gasteiger partial charge in [0.2, 0.25) is 0 Å². The van der Waals surface area contributed by atoms with E-state index in [1.165, 1.54) is 0 Å². The van der Waals surface area contributed by atoms with Crippen molar-refractivity contribution in [1.29, 1.82) is 0 Å². The second kappa shape index (κ2) is 5.50. The SMILES string of the molecule is Cc1nccc(CNc2cc(C(N)=S)ccn2)n1. The third-order valence-corrected chi connectivity index (χ3v) is 2.56. The number of nitrogens with one attached hydrogen (secondary N) is 1. The predicted octanol–water partition coefficient (Wildman–Crippen LogP) is 1.43. The van der Waals surface area contributed by atoms with Crippen LogP contribution in [0.15, 0.2) is 30.6 Å². The average Bonchev–Trinajstić information content (AvgIpc) is 2.37. The smallest absolute Gasteiger partial charge is 0.126 e. The van der Waals surface area contributed by atoms with Crippen LogP contribution in [0.4, 0.5) is 5.82 Å². The van der Waals surface area contributed by atoms with Crippen molar-refractivity contribution in [1.82, 2.24) is 15.0 Å². The molecule has 6 heteroatoms. The molecule has 0 saturated heterocycles. The Morgan fingerprint density at radius 3 is 2.83 bits per heavy atom. The molecule has 0 aliphatic carbocycles. The van der Waals surface area contributed by atoms with Crippen LogP contribution in [-0.4, -0.2) is 19.9 Å². The molecule has 0 unspecified atom stereocenters. The summed E-state index contributed by atoms with van der Waals surface area (Å²) in [5.74, 6) is 1.47. The molecule has 0 radical (unpaired) electrons. The Hall–Kier alpha value is -2.08. The minimum atomic E-state index is 0.360. The predicted molar refractivity (Wildman–Crippen MR) is 74.2 cm³/mol. The molecule has 0 fully saturated rings. The van der Waals surface area contributed by atoms with Crippen LogP contribution in [0.1, 0.15) is 17.1 Å². The van der Waals surface area contributed by atoms with E-state index < -0.39 is 0 Å².